The van der Waals surface area contributed by atoms with Crippen LogP contribution in [0.5, 0.6) is 17.2 Å². The lowest BCUT2D eigenvalue weighted by Crippen LogP contribution is -2.19. The van der Waals surface area contributed by atoms with Gasteiger partial charge in [0.15, 0.2) is 0 Å². The fourth-order valence-electron chi connectivity index (χ4n) is 5.39. The number of fused-ring (bicyclic) bond motifs is 2. The van der Waals surface area contributed by atoms with Gasteiger partial charge in [0, 0.05) is 28.5 Å². The molecule has 0 amide bonds. The SMILES string of the molecule is Cc1cc2c(c(C)c1-c1cccc(COc3ccc4c(c3)OC[C@H]4CC(=O)O)c1)C(C)(C)CO2. The minimum atomic E-state index is -0.813. The number of aryl methyl sites for hydroxylation is 1. The molecule has 1 N–H and O–H groups in total. The van der Waals surface area contributed by atoms with E-state index >= 15 is 0 Å². The number of benzene rings is 3. The topological polar surface area (TPSA) is 65.0 Å². The van der Waals surface area contributed by atoms with Crippen molar-refractivity contribution in [1.82, 2.24) is 0 Å². The van der Waals surface area contributed by atoms with E-state index in [4.69, 9.17) is 19.3 Å². The summed E-state index contributed by atoms with van der Waals surface area (Å²) in [6, 6.07) is 16.3. The van der Waals surface area contributed by atoms with Crippen molar-refractivity contribution in [2.75, 3.05) is 13.2 Å². The summed E-state index contributed by atoms with van der Waals surface area (Å²) in [5, 5.41) is 9.09. The van der Waals surface area contributed by atoms with Gasteiger partial charge in [-0.15, -0.1) is 0 Å². The van der Waals surface area contributed by atoms with E-state index in [0.717, 1.165) is 16.9 Å². The van der Waals surface area contributed by atoms with Crippen LogP contribution >= 0.6 is 0 Å². The molecule has 0 saturated carbocycles. The largest absolute Gasteiger partial charge is 0.492 e. The van der Waals surface area contributed by atoms with E-state index in [9.17, 15) is 4.79 Å². The smallest absolute Gasteiger partial charge is 0.304 e. The summed E-state index contributed by atoms with van der Waals surface area (Å²) in [7, 11) is 0. The second-order valence-corrected chi connectivity index (χ2v) is 10.0. The van der Waals surface area contributed by atoms with Crippen molar-refractivity contribution in [2.45, 2.75) is 52.1 Å². The van der Waals surface area contributed by atoms with Crippen molar-refractivity contribution in [3.63, 3.8) is 0 Å². The monoisotopic (exact) mass is 458 g/mol. The van der Waals surface area contributed by atoms with Gasteiger partial charge in [0.1, 0.15) is 23.9 Å². The second kappa shape index (κ2) is 8.39. The number of hydrogen-bond acceptors (Lipinski definition) is 4. The van der Waals surface area contributed by atoms with Crippen molar-refractivity contribution in [1.29, 1.82) is 0 Å². The molecule has 176 valence electrons. The molecule has 2 aliphatic rings. The van der Waals surface area contributed by atoms with Crippen molar-refractivity contribution in [3.05, 3.63) is 76.3 Å². The molecule has 0 radical (unpaired) electrons. The minimum Gasteiger partial charge on any atom is -0.492 e. The fraction of sp³-hybridized carbons (Fsp3) is 0.345. The van der Waals surface area contributed by atoms with Crippen LogP contribution in [0.1, 0.15) is 54.0 Å². The second-order valence-electron chi connectivity index (χ2n) is 10.0. The van der Waals surface area contributed by atoms with Crippen LogP contribution in [0.3, 0.4) is 0 Å². The number of ether oxygens (including phenoxy) is 3. The van der Waals surface area contributed by atoms with Crippen LogP contribution in [0.4, 0.5) is 0 Å². The molecule has 34 heavy (non-hydrogen) atoms. The molecular formula is C29H30O5. The first kappa shape index (κ1) is 22.3. The average Bonchev–Trinajstić information content (AvgIpc) is 3.31. The predicted molar refractivity (Wildman–Crippen MR) is 131 cm³/mol. The lowest BCUT2D eigenvalue weighted by molar-refractivity contribution is -0.137. The number of carboxylic acids is 1. The van der Waals surface area contributed by atoms with Crippen molar-refractivity contribution in [2.24, 2.45) is 0 Å². The van der Waals surface area contributed by atoms with Crippen LogP contribution in [0.25, 0.3) is 11.1 Å². The normalized spacial score (nSPS) is 17.5. The first-order chi connectivity index (χ1) is 16.2. The highest BCUT2D eigenvalue weighted by molar-refractivity contribution is 5.75. The zero-order chi connectivity index (χ0) is 24.0. The van der Waals surface area contributed by atoms with Crippen LogP contribution < -0.4 is 14.2 Å². The number of aliphatic carboxylic acids is 1. The van der Waals surface area contributed by atoms with Gasteiger partial charge in [-0.2, -0.15) is 0 Å². The predicted octanol–water partition coefficient (Wildman–Crippen LogP) is 6.17. The van der Waals surface area contributed by atoms with Crippen LogP contribution in [-0.2, 0) is 16.8 Å². The summed E-state index contributed by atoms with van der Waals surface area (Å²) in [5.74, 6) is 1.52. The Morgan fingerprint density at radius 2 is 1.91 bits per heavy atom. The van der Waals surface area contributed by atoms with Gasteiger partial charge in [-0.1, -0.05) is 38.1 Å². The summed E-state index contributed by atoms with van der Waals surface area (Å²) >= 11 is 0. The Morgan fingerprint density at radius 3 is 2.71 bits per heavy atom. The quantitative estimate of drug-likeness (QED) is 0.479. The van der Waals surface area contributed by atoms with Gasteiger partial charge < -0.3 is 19.3 Å². The molecule has 0 unspecified atom stereocenters. The lowest BCUT2D eigenvalue weighted by Gasteiger charge is -2.21. The molecule has 5 rings (SSSR count). The summed E-state index contributed by atoms with van der Waals surface area (Å²) in [4.78, 5) is 11.1. The molecule has 2 aliphatic heterocycles. The number of carboxylic acid groups (broad SMARTS) is 1. The Bertz CT molecular complexity index is 1270. The minimum absolute atomic E-state index is 0.00169. The Hall–Kier alpha value is -3.47. The van der Waals surface area contributed by atoms with Gasteiger partial charge in [-0.25, -0.2) is 0 Å². The molecule has 0 spiro atoms. The van der Waals surface area contributed by atoms with Gasteiger partial charge in [0.25, 0.3) is 0 Å². The van der Waals surface area contributed by atoms with Gasteiger partial charge in [0.2, 0.25) is 0 Å². The molecule has 0 saturated heterocycles. The van der Waals surface area contributed by atoms with E-state index in [1.165, 1.54) is 27.8 Å². The third-order valence-electron chi connectivity index (χ3n) is 6.91. The Labute approximate surface area is 200 Å². The van der Waals surface area contributed by atoms with Gasteiger partial charge in [-0.05, 0) is 59.9 Å². The molecular weight excluding hydrogens is 428 g/mol. The van der Waals surface area contributed by atoms with Crippen molar-refractivity contribution < 1.29 is 24.1 Å². The Kier molecular flexibility index (Phi) is 5.51. The van der Waals surface area contributed by atoms with E-state index in [1.807, 2.05) is 18.2 Å². The zero-order valence-corrected chi connectivity index (χ0v) is 20.1. The number of carbonyl (C=O) groups is 1. The van der Waals surface area contributed by atoms with E-state index in [-0.39, 0.29) is 17.8 Å². The van der Waals surface area contributed by atoms with Crippen LogP contribution in [0, 0.1) is 13.8 Å². The molecule has 0 aliphatic carbocycles. The third-order valence-corrected chi connectivity index (χ3v) is 6.91. The molecule has 0 bridgehead atoms. The highest BCUT2D eigenvalue weighted by Crippen LogP contribution is 2.45. The average molecular weight is 459 g/mol. The van der Waals surface area contributed by atoms with E-state index in [1.54, 1.807) is 0 Å². The molecule has 3 aromatic rings. The molecule has 5 nitrogen and oxygen atoms in total. The zero-order valence-electron chi connectivity index (χ0n) is 20.1. The van der Waals surface area contributed by atoms with Crippen LogP contribution in [0.2, 0.25) is 0 Å². The molecule has 2 heterocycles. The molecule has 0 aromatic heterocycles. The van der Waals surface area contributed by atoms with E-state index < -0.39 is 5.97 Å². The fourth-order valence-corrected chi connectivity index (χ4v) is 5.39. The molecule has 1 atom stereocenters. The van der Waals surface area contributed by atoms with E-state index in [2.05, 4.69) is 58.0 Å². The lowest BCUT2D eigenvalue weighted by atomic mass is 9.80. The first-order valence-electron chi connectivity index (χ1n) is 11.7. The van der Waals surface area contributed by atoms with Gasteiger partial charge >= 0.3 is 5.97 Å². The highest BCUT2D eigenvalue weighted by atomic mass is 16.5. The summed E-state index contributed by atoms with van der Waals surface area (Å²) < 4.78 is 17.8. The van der Waals surface area contributed by atoms with E-state index in [0.29, 0.717) is 31.3 Å². The maximum absolute atomic E-state index is 11.1. The van der Waals surface area contributed by atoms with Gasteiger partial charge in [0.05, 0.1) is 19.6 Å². The maximum Gasteiger partial charge on any atom is 0.304 e. The third kappa shape index (κ3) is 4.00. The maximum atomic E-state index is 11.1. The summed E-state index contributed by atoms with van der Waals surface area (Å²) in [6.45, 7) is 10.4. The summed E-state index contributed by atoms with van der Waals surface area (Å²) in [5.41, 5.74) is 8.24. The Balaban J connectivity index is 1.36. The van der Waals surface area contributed by atoms with Crippen molar-refractivity contribution >= 4 is 5.97 Å². The Morgan fingerprint density at radius 1 is 1.09 bits per heavy atom. The van der Waals surface area contributed by atoms with Crippen molar-refractivity contribution in [3.8, 4) is 28.4 Å². The number of hydrogen-bond donors (Lipinski definition) is 1. The summed E-state index contributed by atoms with van der Waals surface area (Å²) in [6.07, 6.45) is 0.0742. The standard InChI is InChI=1S/C29H30O5/c1-17-10-25-28(29(3,4)16-34-25)18(2)27(17)20-7-5-6-19(11-20)14-32-22-8-9-23-21(12-26(30)31)15-33-24(23)13-22/h5-11,13,21H,12,14-16H2,1-4H3,(H,30,31)/t21-/m1/s1. The van der Waals surface area contributed by atoms with Gasteiger partial charge in [-0.3, -0.25) is 4.79 Å². The number of rotatable bonds is 6. The first-order valence-corrected chi connectivity index (χ1v) is 11.7. The molecule has 3 aromatic carbocycles. The van der Waals surface area contributed by atoms with Crippen LogP contribution in [-0.4, -0.2) is 24.3 Å². The molecule has 0 fully saturated rings. The molecule has 5 heteroatoms. The van der Waals surface area contributed by atoms with Crippen LogP contribution in [0.15, 0.2) is 48.5 Å². The highest BCUT2D eigenvalue weighted by Gasteiger charge is 2.35.